The minimum atomic E-state index is -1.71. The van der Waals surface area contributed by atoms with Gasteiger partial charge in [-0.15, -0.1) is 0 Å². The van der Waals surface area contributed by atoms with Crippen LogP contribution in [0.15, 0.2) is 61.3 Å². The third-order valence-corrected chi connectivity index (χ3v) is 5.08. The summed E-state index contributed by atoms with van der Waals surface area (Å²) < 4.78 is 29.6. The van der Waals surface area contributed by atoms with E-state index < -0.39 is 23.2 Å². The van der Waals surface area contributed by atoms with Gasteiger partial charge in [-0.05, 0) is 17.7 Å². The Bertz CT molecular complexity index is 1100. The highest BCUT2D eigenvalue weighted by Crippen LogP contribution is 2.40. The van der Waals surface area contributed by atoms with Crippen molar-refractivity contribution < 1.29 is 13.9 Å². The molecule has 0 aliphatic carbocycles. The average Bonchev–Trinajstić information content (AvgIpc) is 3.41. The fourth-order valence-corrected chi connectivity index (χ4v) is 3.44. The highest BCUT2D eigenvalue weighted by atomic mass is 19.1. The van der Waals surface area contributed by atoms with E-state index in [9.17, 15) is 13.9 Å². The lowest BCUT2D eigenvalue weighted by atomic mass is 9.77. The van der Waals surface area contributed by atoms with Crippen LogP contribution < -0.4 is 0 Å². The lowest BCUT2D eigenvalue weighted by Gasteiger charge is -2.35. The van der Waals surface area contributed by atoms with Crippen LogP contribution in [0, 0.1) is 11.6 Å². The van der Waals surface area contributed by atoms with Crippen LogP contribution in [0.25, 0.3) is 11.3 Å². The van der Waals surface area contributed by atoms with Gasteiger partial charge in [0.2, 0.25) is 0 Å². The predicted octanol–water partition coefficient (Wildman–Crippen LogP) is 3.03. The first kappa shape index (κ1) is 18.9. The molecule has 2 N–H and O–H groups in total. The molecule has 2 unspecified atom stereocenters. The van der Waals surface area contributed by atoms with Gasteiger partial charge in [0.1, 0.15) is 35.6 Å². The number of rotatable bonds is 6. The fraction of sp³-hybridized carbons (Fsp3) is 0.200. The zero-order chi connectivity index (χ0) is 20.4. The number of aromatic amines is 1. The standard InChI is InChI=1S/C20H18F2N6O/c1-13(14-3-2-4-15(7-14)19-9-24-27-26-19)20(29,10-28-12-23-11-25-28)17-6-5-16(21)8-18(17)22/h2-9,11-13,29H,10H2,1H3,(H,24,26,27). The Balaban J connectivity index is 1.79. The SMILES string of the molecule is CC(c1cccc(-c2cn[nH]n2)c1)C(O)(Cn1cncn1)c1ccc(F)cc1F. The second-order valence-corrected chi connectivity index (χ2v) is 6.84. The predicted molar refractivity (Wildman–Crippen MR) is 101 cm³/mol. The second-order valence-electron chi connectivity index (χ2n) is 6.84. The molecule has 148 valence electrons. The fourth-order valence-electron chi connectivity index (χ4n) is 3.44. The van der Waals surface area contributed by atoms with Gasteiger partial charge in [-0.2, -0.15) is 20.5 Å². The summed E-state index contributed by atoms with van der Waals surface area (Å²) in [7, 11) is 0. The normalized spacial score (nSPS) is 14.5. The lowest BCUT2D eigenvalue weighted by Crippen LogP contribution is -2.38. The monoisotopic (exact) mass is 396 g/mol. The number of nitrogens with zero attached hydrogens (tertiary/aromatic N) is 5. The highest BCUT2D eigenvalue weighted by molar-refractivity contribution is 5.59. The van der Waals surface area contributed by atoms with Crippen molar-refractivity contribution in [1.29, 1.82) is 0 Å². The molecule has 9 heteroatoms. The second kappa shape index (κ2) is 7.51. The smallest absolute Gasteiger partial charge is 0.137 e. The van der Waals surface area contributed by atoms with Crippen molar-refractivity contribution in [3.8, 4) is 11.3 Å². The molecule has 2 aromatic heterocycles. The van der Waals surface area contributed by atoms with Crippen molar-refractivity contribution in [2.45, 2.75) is 25.0 Å². The molecule has 7 nitrogen and oxygen atoms in total. The van der Waals surface area contributed by atoms with Crippen molar-refractivity contribution in [3.63, 3.8) is 0 Å². The first-order chi connectivity index (χ1) is 14.0. The van der Waals surface area contributed by atoms with Gasteiger partial charge in [0.15, 0.2) is 0 Å². The molecule has 2 atom stereocenters. The summed E-state index contributed by atoms with van der Waals surface area (Å²) in [6.45, 7) is 1.71. The molecule has 0 saturated heterocycles. The van der Waals surface area contributed by atoms with Crippen molar-refractivity contribution in [1.82, 2.24) is 30.2 Å². The van der Waals surface area contributed by atoms with Crippen LogP contribution in [0.3, 0.4) is 0 Å². The Hall–Kier alpha value is -3.46. The van der Waals surface area contributed by atoms with Crippen LogP contribution in [0.2, 0.25) is 0 Å². The van der Waals surface area contributed by atoms with E-state index in [4.69, 9.17) is 0 Å². The Labute approximate surface area is 165 Å². The van der Waals surface area contributed by atoms with Crippen LogP contribution in [0.4, 0.5) is 8.78 Å². The molecule has 0 radical (unpaired) electrons. The van der Waals surface area contributed by atoms with Gasteiger partial charge in [-0.25, -0.2) is 18.4 Å². The van der Waals surface area contributed by atoms with E-state index in [0.29, 0.717) is 5.69 Å². The first-order valence-electron chi connectivity index (χ1n) is 8.94. The van der Waals surface area contributed by atoms with Gasteiger partial charge in [-0.3, -0.25) is 0 Å². The summed E-state index contributed by atoms with van der Waals surface area (Å²) in [4.78, 5) is 3.88. The minimum Gasteiger partial charge on any atom is -0.382 e. The van der Waals surface area contributed by atoms with Gasteiger partial charge in [0.25, 0.3) is 0 Å². The van der Waals surface area contributed by atoms with Crippen LogP contribution in [0.5, 0.6) is 0 Å². The maximum atomic E-state index is 14.7. The first-order valence-corrected chi connectivity index (χ1v) is 8.94. The quantitative estimate of drug-likeness (QED) is 0.523. The average molecular weight is 396 g/mol. The van der Waals surface area contributed by atoms with E-state index in [-0.39, 0.29) is 12.1 Å². The molecular formula is C20H18F2N6O. The van der Waals surface area contributed by atoms with E-state index in [1.54, 1.807) is 13.1 Å². The summed E-state index contributed by atoms with van der Waals surface area (Å²) in [5, 5.41) is 26.2. The molecule has 4 aromatic rings. The number of halogens is 2. The van der Waals surface area contributed by atoms with Gasteiger partial charge in [0.05, 0.1) is 12.7 Å². The summed E-state index contributed by atoms with van der Waals surface area (Å²) >= 11 is 0. The zero-order valence-corrected chi connectivity index (χ0v) is 15.5. The van der Waals surface area contributed by atoms with E-state index >= 15 is 0 Å². The van der Waals surface area contributed by atoms with Crippen LogP contribution in [-0.2, 0) is 12.1 Å². The van der Waals surface area contributed by atoms with E-state index in [0.717, 1.165) is 23.3 Å². The topological polar surface area (TPSA) is 92.5 Å². The van der Waals surface area contributed by atoms with Gasteiger partial charge < -0.3 is 5.11 Å². The minimum absolute atomic E-state index is 0.0197. The molecule has 2 aromatic carbocycles. The number of aromatic nitrogens is 6. The van der Waals surface area contributed by atoms with Crippen LogP contribution in [-0.4, -0.2) is 35.3 Å². The third-order valence-electron chi connectivity index (χ3n) is 5.08. The molecule has 0 spiro atoms. The number of hydrogen-bond donors (Lipinski definition) is 2. The molecule has 0 saturated carbocycles. The van der Waals surface area contributed by atoms with Crippen molar-refractivity contribution in [3.05, 3.63) is 84.1 Å². The van der Waals surface area contributed by atoms with E-state index in [1.807, 2.05) is 24.3 Å². The number of benzene rings is 2. The number of hydrogen-bond acceptors (Lipinski definition) is 5. The molecule has 0 amide bonds. The Morgan fingerprint density at radius 3 is 2.76 bits per heavy atom. The molecule has 0 fully saturated rings. The number of H-pyrrole nitrogens is 1. The summed E-state index contributed by atoms with van der Waals surface area (Å²) in [6, 6.07) is 10.5. The number of nitrogens with one attached hydrogen (secondary N) is 1. The molecule has 0 aliphatic heterocycles. The Morgan fingerprint density at radius 2 is 2.07 bits per heavy atom. The van der Waals surface area contributed by atoms with Gasteiger partial charge in [-0.1, -0.05) is 31.2 Å². The Morgan fingerprint density at radius 1 is 1.21 bits per heavy atom. The van der Waals surface area contributed by atoms with Crippen molar-refractivity contribution in [2.24, 2.45) is 0 Å². The maximum Gasteiger partial charge on any atom is 0.137 e. The van der Waals surface area contributed by atoms with Crippen molar-refractivity contribution >= 4 is 0 Å². The maximum absolute atomic E-state index is 14.7. The Kier molecular flexibility index (Phi) is 4.89. The summed E-state index contributed by atoms with van der Waals surface area (Å²) in [5.41, 5.74) is 0.455. The van der Waals surface area contributed by atoms with E-state index in [2.05, 4.69) is 25.5 Å². The third kappa shape index (κ3) is 3.64. The highest BCUT2D eigenvalue weighted by Gasteiger charge is 2.40. The molecule has 29 heavy (non-hydrogen) atoms. The zero-order valence-electron chi connectivity index (χ0n) is 15.5. The van der Waals surface area contributed by atoms with E-state index in [1.165, 1.54) is 23.4 Å². The summed E-state index contributed by atoms with van der Waals surface area (Å²) in [6.07, 6.45) is 4.35. The lowest BCUT2D eigenvalue weighted by molar-refractivity contribution is -0.0111. The van der Waals surface area contributed by atoms with Crippen LogP contribution in [0.1, 0.15) is 24.0 Å². The largest absolute Gasteiger partial charge is 0.382 e. The molecule has 0 bridgehead atoms. The molecular weight excluding hydrogens is 378 g/mol. The van der Waals surface area contributed by atoms with Gasteiger partial charge >= 0.3 is 0 Å². The van der Waals surface area contributed by atoms with Crippen molar-refractivity contribution in [2.75, 3.05) is 0 Å². The molecule has 0 aliphatic rings. The summed E-state index contributed by atoms with van der Waals surface area (Å²) in [5.74, 6) is -2.11. The van der Waals surface area contributed by atoms with Crippen LogP contribution >= 0.6 is 0 Å². The van der Waals surface area contributed by atoms with Gasteiger partial charge in [0, 0.05) is 23.1 Å². The number of aliphatic hydroxyl groups is 1. The molecule has 2 heterocycles. The molecule has 4 rings (SSSR count).